The van der Waals surface area contributed by atoms with Crippen LogP contribution in [0.25, 0.3) is 0 Å². The summed E-state index contributed by atoms with van der Waals surface area (Å²) < 4.78 is 5.26. The lowest BCUT2D eigenvalue weighted by Gasteiger charge is -2.25. The van der Waals surface area contributed by atoms with E-state index in [9.17, 15) is 9.59 Å². The van der Waals surface area contributed by atoms with Crippen molar-refractivity contribution in [3.8, 4) is 0 Å². The van der Waals surface area contributed by atoms with Gasteiger partial charge in [-0.15, -0.1) is 11.8 Å². The van der Waals surface area contributed by atoms with E-state index in [1.807, 2.05) is 95.9 Å². The molecule has 31 heavy (non-hydrogen) atoms. The largest absolute Gasteiger partial charge is 0.465 e. The summed E-state index contributed by atoms with van der Waals surface area (Å²) in [5, 5.41) is -0.594. The van der Waals surface area contributed by atoms with Crippen LogP contribution in [0, 0.1) is 0 Å². The Morgan fingerprint density at radius 2 is 1.29 bits per heavy atom. The van der Waals surface area contributed by atoms with Crippen LogP contribution in [-0.4, -0.2) is 28.6 Å². The molecule has 1 amide bonds. The maximum absolute atomic E-state index is 13.4. The Hall–Kier alpha value is -3.05. The lowest BCUT2D eigenvalue weighted by molar-refractivity contribution is -0.145. The van der Waals surface area contributed by atoms with E-state index in [4.69, 9.17) is 4.74 Å². The fourth-order valence-corrected chi connectivity index (χ4v) is 4.23. The minimum absolute atomic E-state index is 0.0748. The number of carbonyl (C=O) groups excluding carboxylic acids is 2. The summed E-state index contributed by atoms with van der Waals surface area (Å²) in [4.78, 5) is 28.7. The van der Waals surface area contributed by atoms with Crippen molar-refractivity contribution >= 4 is 23.6 Å². The second-order valence-corrected chi connectivity index (χ2v) is 8.37. The van der Waals surface area contributed by atoms with Gasteiger partial charge in [0.05, 0.1) is 6.61 Å². The second kappa shape index (κ2) is 12.0. The van der Waals surface area contributed by atoms with Crippen LogP contribution in [0.1, 0.15) is 24.5 Å². The number of hydrogen-bond acceptors (Lipinski definition) is 4. The normalized spacial score (nSPS) is 11.5. The predicted octanol–water partition coefficient (Wildman–Crippen LogP) is 5.33. The van der Waals surface area contributed by atoms with Crippen LogP contribution in [0.2, 0.25) is 0 Å². The summed E-state index contributed by atoms with van der Waals surface area (Å²) in [5.41, 5.74) is 2.10. The Balaban J connectivity index is 1.78. The molecule has 3 aromatic carbocycles. The highest BCUT2D eigenvalue weighted by Gasteiger charge is 2.27. The molecule has 5 heteroatoms. The van der Waals surface area contributed by atoms with Gasteiger partial charge in [-0.3, -0.25) is 9.59 Å². The van der Waals surface area contributed by atoms with Crippen molar-refractivity contribution < 1.29 is 14.3 Å². The Kier molecular flexibility index (Phi) is 8.73. The van der Waals surface area contributed by atoms with E-state index >= 15 is 0 Å². The number of amides is 1. The van der Waals surface area contributed by atoms with Gasteiger partial charge in [0, 0.05) is 24.4 Å². The first kappa shape index (κ1) is 22.6. The molecule has 0 aliphatic rings. The molecule has 0 heterocycles. The molecule has 1 atom stereocenters. The maximum atomic E-state index is 13.4. The average Bonchev–Trinajstić information content (AvgIpc) is 2.80. The van der Waals surface area contributed by atoms with Crippen LogP contribution in [0.5, 0.6) is 0 Å². The number of rotatable bonds is 10. The fraction of sp³-hybridized carbons (Fsp3) is 0.231. The molecule has 3 rings (SSSR count). The molecule has 0 bridgehead atoms. The third-order valence-electron chi connectivity index (χ3n) is 4.72. The minimum atomic E-state index is -0.594. The number of benzene rings is 3. The average molecular weight is 434 g/mol. The highest BCUT2D eigenvalue weighted by Crippen LogP contribution is 2.27. The Morgan fingerprint density at radius 1 is 0.806 bits per heavy atom. The zero-order valence-electron chi connectivity index (χ0n) is 17.6. The highest BCUT2D eigenvalue weighted by atomic mass is 32.2. The Labute approximate surface area is 188 Å². The fourth-order valence-electron chi connectivity index (χ4n) is 3.20. The number of ether oxygens (including phenoxy) is 1. The van der Waals surface area contributed by atoms with Gasteiger partial charge in [0.15, 0.2) is 0 Å². The van der Waals surface area contributed by atoms with Gasteiger partial charge in [-0.1, -0.05) is 78.9 Å². The van der Waals surface area contributed by atoms with E-state index in [1.54, 1.807) is 6.92 Å². The van der Waals surface area contributed by atoms with Crippen molar-refractivity contribution in [2.45, 2.75) is 36.6 Å². The molecule has 0 spiro atoms. The van der Waals surface area contributed by atoms with E-state index in [-0.39, 0.29) is 24.9 Å². The molecule has 0 aromatic heterocycles. The minimum Gasteiger partial charge on any atom is -0.465 e. The van der Waals surface area contributed by atoms with Crippen molar-refractivity contribution in [2.24, 2.45) is 0 Å². The van der Waals surface area contributed by atoms with E-state index in [0.717, 1.165) is 16.0 Å². The SMILES string of the molecule is CCOC(=O)C(CC(=O)N(Cc1ccccc1)Cc1ccccc1)Sc1ccccc1. The van der Waals surface area contributed by atoms with E-state index < -0.39 is 5.25 Å². The van der Waals surface area contributed by atoms with Crippen LogP contribution >= 0.6 is 11.8 Å². The van der Waals surface area contributed by atoms with Gasteiger partial charge in [-0.25, -0.2) is 0 Å². The summed E-state index contributed by atoms with van der Waals surface area (Å²) in [5.74, 6) is -0.432. The third kappa shape index (κ3) is 7.30. The first-order valence-corrected chi connectivity index (χ1v) is 11.3. The number of esters is 1. The molecule has 160 valence electrons. The Bertz CT molecular complexity index is 907. The standard InChI is InChI=1S/C26H27NO3S/c1-2-30-26(29)24(31-23-16-10-5-11-17-23)18-25(28)27(19-21-12-6-3-7-13-21)20-22-14-8-4-9-15-22/h3-17,24H,2,18-20H2,1H3. The second-order valence-electron chi connectivity index (χ2n) is 7.10. The zero-order valence-corrected chi connectivity index (χ0v) is 18.5. The quantitative estimate of drug-likeness (QED) is 0.320. The lowest BCUT2D eigenvalue weighted by atomic mass is 10.1. The molecular weight excluding hydrogens is 406 g/mol. The molecule has 0 fully saturated rings. The van der Waals surface area contributed by atoms with Crippen molar-refractivity contribution in [3.05, 3.63) is 102 Å². The molecule has 4 nitrogen and oxygen atoms in total. The molecule has 3 aromatic rings. The first-order chi connectivity index (χ1) is 15.2. The lowest BCUT2D eigenvalue weighted by Crippen LogP contribution is -2.34. The third-order valence-corrected chi connectivity index (χ3v) is 5.90. The smallest absolute Gasteiger partial charge is 0.319 e. The summed E-state index contributed by atoms with van der Waals surface area (Å²) in [6.07, 6.45) is 0.0814. The van der Waals surface area contributed by atoms with Crippen LogP contribution < -0.4 is 0 Å². The van der Waals surface area contributed by atoms with E-state index in [0.29, 0.717) is 13.1 Å². The molecule has 0 saturated carbocycles. The zero-order chi connectivity index (χ0) is 21.9. The molecule has 0 aliphatic carbocycles. The molecule has 0 aliphatic heterocycles. The number of carbonyl (C=O) groups is 2. The van der Waals surface area contributed by atoms with Crippen molar-refractivity contribution in [2.75, 3.05) is 6.61 Å². The van der Waals surface area contributed by atoms with Crippen molar-refractivity contribution in [1.29, 1.82) is 0 Å². The van der Waals surface area contributed by atoms with Gasteiger partial charge >= 0.3 is 5.97 Å². The Morgan fingerprint density at radius 3 is 1.77 bits per heavy atom. The molecule has 0 N–H and O–H groups in total. The molecule has 1 unspecified atom stereocenters. The van der Waals surface area contributed by atoms with Gasteiger partial charge in [-0.2, -0.15) is 0 Å². The molecule has 0 saturated heterocycles. The number of nitrogens with zero attached hydrogens (tertiary/aromatic N) is 1. The van der Waals surface area contributed by atoms with Gasteiger partial charge < -0.3 is 9.64 Å². The van der Waals surface area contributed by atoms with Gasteiger partial charge in [-0.05, 0) is 30.2 Å². The van der Waals surface area contributed by atoms with Crippen LogP contribution in [0.3, 0.4) is 0 Å². The van der Waals surface area contributed by atoms with E-state index in [2.05, 4.69) is 0 Å². The van der Waals surface area contributed by atoms with Gasteiger partial charge in [0.2, 0.25) is 5.91 Å². The summed E-state index contributed by atoms with van der Waals surface area (Å²) >= 11 is 1.37. The monoisotopic (exact) mass is 433 g/mol. The topological polar surface area (TPSA) is 46.6 Å². The van der Waals surface area contributed by atoms with E-state index in [1.165, 1.54) is 11.8 Å². The molecular formula is C26H27NO3S. The van der Waals surface area contributed by atoms with Gasteiger partial charge in [0.1, 0.15) is 5.25 Å². The number of hydrogen-bond donors (Lipinski definition) is 0. The van der Waals surface area contributed by atoms with Crippen LogP contribution in [-0.2, 0) is 27.4 Å². The maximum Gasteiger partial charge on any atom is 0.319 e. The van der Waals surface area contributed by atoms with Crippen molar-refractivity contribution in [1.82, 2.24) is 4.90 Å². The number of thioether (sulfide) groups is 1. The van der Waals surface area contributed by atoms with Crippen molar-refractivity contribution in [3.63, 3.8) is 0 Å². The van der Waals surface area contributed by atoms with Crippen LogP contribution in [0.4, 0.5) is 0 Å². The van der Waals surface area contributed by atoms with Crippen LogP contribution in [0.15, 0.2) is 95.9 Å². The molecule has 0 radical (unpaired) electrons. The summed E-state index contributed by atoms with van der Waals surface area (Å²) in [7, 11) is 0. The highest BCUT2D eigenvalue weighted by molar-refractivity contribution is 8.00. The van der Waals surface area contributed by atoms with Gasteiger partial charge in [0.25, 0.3) is 0 Å². The summed E-state index contributed by atoms with van der Waals surface area (Å²) in [6.45, 7) is 3.04. The summed E-state index contributed by atoms with van der Waals surface area (Å²) in [6, 6.07) is 29.4. The predicted molar refractivity (Wildman–Crippen MR) is 124 cm³/mol. The first-order valence-electron chi connectivity index (χ1n) is 10.4.